The molecule has 6 unspecified atom stereocenters. The van der Waals surface area contributed by atoms with Crippen molar-refractivity contribution in [3.8, 4) is 11.5 Å². The molecule has 0 saturated carbocycles. The van der Waals surface area contributed by atoms with Crippen molar-refractivity contribution in [1.82, 2.24) is 0 Å². The minimum atomic E-state index is -0.177. The molecule has 0 radical (unpaired) electrons. The lowest BCUT2D eigenvalue weighted by atomic mass is 9.96. The molecule has 0 spiro atoms. The molecule has 6 nitrogen and oxygen atoms in total. The summed E-state index contributed by atoms with van der Waals surface area (Å²) in [6.45, 7) is 58.0. The van der Waals surface area contributed by atoms with E-state index in [2.05, 4.69) is 174 Å². The van der Waals surface area contributed by atoms with Gasteiger partial charge in [-0.3, -0.25) is 14.4 Å². The second-order valence-electron chi connectivity index (χ2n) is 23.2. The Balaban J connectivity index is 0. The van der Waals surface area contributed by atoms with Crippen molar-refractivity contribution in [2.45, 2.75) is 174 Å². The number of rotatable bonds is 23. The van der Waals surface area contributed by atoms with Crippen LogP contribution in [0.3, 0.4) is 0 Å². The molecule has 7 heteroatoms. The molecule has 7 aromatic carbocycles. The Kier molecular flexibility index (Phi) is 53.3. The largest absolute Gasteiger partial charge is 0.466 e. The van der Waals surface area contributed by atoms with Crippen LogP contribution in [0.15, 0.2) is 228 Å². The molecule has 6 atom stereocenters. The number of hydrogen-bond acceptors (Lipinski definition) is 7. The van der Waals surface area contributed by atoms with E-state index in [1.807, 2.05) is 177 Å². The van der Waals surface area contributed by atoms with Crippen molar-refractivity contribution in [1.29, 1.82) is 0 Å². The minimum Gasteiger partial charge on any atom is -0.466 e. The molecule has 0 saturated heterocycles. The van der Waals surface area contributed by atoms with Gasteiger partial charge in [-0.15, -0.1) is 0 Å². The Morgan fingerprint density at radius 1 is 0.354 bits per heavy atom. The molecular formula is C89H122O6S. The fourth-order valence-corrected chi connectivity index (χ4v) is 8.03. The maximum atomic E-state index is 11.5. The molecule has 0 amide bonds. The molecule has 7 aromatic rings. The van der Waals surface area contributed by atoms with Gasteiger partial charge < -0.3 is 14.2 Å². The highest BCUT2D eigenvalue weighted by atomic mass is 32.2. The van der Waals surface area contributed by atoms with Crippen LogP contribution in [-0.2, 0) is 19.1 Å². The Labute approximate surface area is 589 Å². The fraction of sp³-hybridized carbons (Fsp3) is 0.360. The molecule has 0 heterocycles. The summed E-state index contributed by atoms with van der Waals surface area (Å²) in [6, 6.07) is 62.7. The molecule has 0 aromatic heterocycles. The van der Waals surface area contributed by atoms with E-state index in [9.17, 15) is 14.4 Å². The summed E-state index contributed by atoms with van der Waals surface area (Å²) in [5, 5.41) is 0. The van der Waals surface area contributed by atoms with E-state index in [0.29, 0.717) is 35.9 Å². The number of carbonyl (C=O) groups excluding carboxylic acids is 3. The van der Waals surface area contributed by atoms with Gasteiger partial charge >= 0.3 is 17.9 Å². The zero-order valence-electron chi connectivity index (χ0n) is 62.1. The van der Waals surface area contributed by atoms with Gasteiger partial charge in [0.15, 0.2) is 0 Å². The van der Waals surface area contributed by atoms with Crippen LogP contribution in [-0.4, -0.2) is 36.0 Å². The maximum Gasteiger partial charge on any atom is 0.314 e. The minimum absolute atomic E-state index is 0.0518. The van der Waals surface area contributed by atoms with Gasteiger partial charge in [0.2, 0.25) is 0 Å². The Bertz CT molecular complexity index is 3100. The van der Waals surface area contributed by atoms with Gasteiger partial charge in [-0.1, -0.05) is 336 Å². The summed E-state index contributed by atoms with van der Waals surface area (Å²) in [5.41, 5.74) is 13.3. The quantitative estimate of drug-likeness (QED) is 0.0466. The first-order valence-electron chi connectivity index (χ1n) is 34.5. The fourth-order valence-electron chi connectivity index (χ4n) is 7.63. The standard InChI is InChI=1S/C14H18O2.C13H16O2.C13H18.C12H16.C10H14.2C8H8.C7H14O2.C4H10S/c1-5-11(4)14(15)16-13-8-6-12(7-9-13)10(2)3;1-4-10(3)13(14)15-12-8-6-11(5-2)7-9-12;1-5-11(4)13-8-6-12(7-9-13)10(2)3;1-4-10(3)12-8-6-11(5-2)7-9-12;1-3-9(2)10-7-5-4-6-8-10;2*1-2-8-6-4-3-5-7-8;1-4-6(3)7(8)9-5-2;1-3-5-4-2/h6-9,11H,2,5H2,1,3-4H3;5-10H,2,4H2,1,3H3;6-9,11H,2,5H2,1,3-4H3;5-10H,2,4H2,1,3H3;4-9H,3H2,1-2H3;2*2-7H,1H2;6H,4-5H2,1-3H3;3-4H2,1-2H3. The molecular weight excluding hydrogens is 1200 g/mol. The molecule has 520 valence electrons. The highest BCUT2D eigenvalue weighted by molar-refractivity contribution is 7.99. The molecule has 0 aliphatic carbocycles. The smallest absolute Gasteiger partial charge is 0.314 e. The van der Waals surface area contributed by atoms with Gasteiger partial charge in [0.25, 0.3) is 0 Å². The predicted molar refractivity (Wildman–Crippen MR) is 426 cm³/mol. The van der Waals surface area contributed by atoms with Crippen LogP contribution >= 0.6 is 11.8 Å². The monoisotopic (exact) mass is 1320 g/mol. The first kappa shape index (κ1) is 89.8. The van der Waals surface area contributed by atoms with E-state index in [1.165, 1.54) is 69.7 Å². The number of benzene rings is 7. The summed E-state index contributed by atoms with van der Waals surface area (Å²) in [7, 11) is 0. The highest BCUT2D eigenvalue weighted by Crippen LogP contribution is 2.23. The van der Waals surface area contributed by atoms with Gasteiger partial charge in [-0.25, -0.2) is 0 Å². The topological polar surface area (TPSA) is 78.9 Å². The van der Waals surface area contributed by atoms with Crippen LogP contribution in [0.25, 0.3) is 35.5 Å². The second kappa shape index (κ2) is 57.0. The van der Waals surface area contributed by atoms with E-state index >= 15 is 0 Å². The molecule has 0 fully saturated rings. The highest BCUT2D eigenvalue weighted by Gasteiger charge is 2.14. The third kappa shape index (κ3) is 42.2. The molecule has 0 aliphatic rings. The number of allylic oxidation sites excluding steroid dienone is 2. The lowest BCUT2D eigenvalue weighted by Crippen LogP contribution is -2.16. The molecule has 0 N–H and O–H groups in total. The van der Waals surface area contributed by atoms with Crippen LogP contribution in [0.4, 0.5) is 0 Å². The lowest BCUT2D eigenvalue weighted by Gasteiger charge is -2.09. The molecule has 96 heavy (non-hydrogen) atoms. The van der Waals surface area contributed by atoms with Crippen LogP contribution in [0.1, 0.15) is 224 Å². The Hall–Kier alpha value is -8.26. The van der Waals surface area contributed by atoms with Gasteiger partial charge in [0, 0.05) is 0 Å². The van der Waals surface area contributed by atoms with Gasteiger partial charge in [0.1, 0.15) is 11.5 Å². The van der Waals surface area contributed by atoms with Crippen molar-refractivity contribution in [3.05, 3.63) is 278 Å². The van der Waals surface area contributed by atoms with Crippen molar-refractivity contribution >= 4 is 65.1 Å². The summed E-state index contributed by atoms with van der Waals surface area (Å²) in [4.78, 5) is 33.7. The van der Waals surface area contributed by atoms with Crippen LogP contribution in [0.2, 0.25) is 0 Å². The zero-order chi connectivity index (χ0) is 72.6. The molecule has 0 aliphatic heterocycles. The van der Waals surface area contributed by atoms with E-state index in [4.69, 9.17) is 14.2 Å². The first-order valence-corrected chi connectivity index (χ1v) is 35.7. The molecule has 7 rings (SSSR count). The SMILES string of the molecule is C=C(C)c1ccc(C(C)CC)cc1.C=C(C)c1ccc(OC(=O)C(C)CC)cc1.C=Cc1ccc(C(C)CC)cc1.C=Cc1ccc(OC(=O)C(C)CC)cc1.C=Cc1ccccc1.C=Cc1ccccc1.CCC(C)c1ccccc1.CCOC(=O)C(C)CC.CCSCC. The third-order valence-corrected chi connectivity index (χ3v) is 16.4. The average molecular weight is 1320 g/mol. The Morgan fingerprint density at radius 2 is 0.615 bits per heavy atom. The van der Waals surface area contributed by atoms with Gasteiger partial charge in [-0.05, 0) is 163 Å². The van der Waals surface area contributed by atoms with Crippen molar-refractivity contribution in [2.24, 2.45) is 17.8 Å². The van der Waals surface area contributed by atoms with Crippen molar-refractivity contribution < 1.29 is 28.6 Å². The number of ether oxygens (including phenoxy) is 3. The van der Waals surface area contributed by atoms with E-state index in [0.717, 1.165) is 41.5 Å². The van der Waals surface area contributed by atoms with Crippen LogP contribution < -0.4 is 9.47 Å². The summed E-state index contributed by atoms with van der Waals surface area (Å²) in [5.74, 6) is 5.27. The van der Waals surface area contributed by atoms with E-state index in [1.54, 1.807) is 30.3 Å². The number of carbonyl (C=O) groups is 3. The van der Waals surface area contributed by atoms with Crippen LogP contribution in [0, 0.1) is 17.8 Å². The normalized spacial score (nSPS) is 11.5. The Morgan fingerprint density at radius 3 is 0.875 bits per heavy atom. The average Bonchev–Trinajstić information content (AvgIpc) is 1.31. The number of esters is 3. The van der Waals surface area contributed by atoms with Gasteiger partial charge in [0.05, 0.1) is 24.4 Å². The first-order chi connectivity index (χ1) is 46.0. The van der Waals surface area contributed by atoms with Gasteiger partial charge in [-0.2, -0.15) is 11.8 Å². The van der Waals surface area contributed by atoms with E-state index < -0.39 is 0 Å². The predicted octanol–water partition coefficient (Wildman–Crippen LogP) is 26.2. The van der Waals surface area contributed by atoms with E-state index in [-0.39, 0.29) is 35.7 Å². The van der Waals surface area contributed by atoms with Crippen molar-refractivity contribution in [2.75, 3.05) is 18.1 Å². The summed E-state index contributed by atoms with van der Waals surface area (Å²) >= 11 is 1.96. The van der Waals surface area contributed by atoms with Crippen LogP contribution in [0.5, 0.6) is 11.5 Å². The maximum absolute atomic E-state index is 11.5. The zero-order valence-corrected chi connectivity index (χ0v) is 63.0. The number of thioether (sulfide) groups is 1. The third-order valence-electron chi connectivity index (χ3n) is 15.6. The second-order valence-corrected chi connectivity index (χ2v) is 24.8. The van der Waals surface area contributed by atoms with Crippen molar-refractivity contribution in [3.63, 3.8) is 0 Å². The lowest BCUT2D eigenvalue weighted by molar-refractivity contribution is -0.147. The molecule has 0 bridgehead atoms. The summed E-state index contributed by atoms with van der Waals surface area (Å²) < 4.78 is 15.2. The number of hydrogen-bond donors (Lipinski definition) is 0. The summed E-state index contributed by atoms with van der Waals surface area (Å²) in [6.07, 6.45) is 13.4.